The molecule has 0 atom stereocenters. The number of hydrogen-bond donors (Lipinski definition) is 1. The molecule has 0 aliphatic heterocycles. The maximum absolute atomic E-state index is 12.9. The second kappa shape index (κ2) is 6.11. The molecule has 5 heteroatoms. The van der Waals surface area contributed by atoms with E-state index in [1.807, 2.05) is 56.3 Å². The maximum Gasteiger partial charge on any atom is 0.196 e. The Morgan fingerprint density at radius 2 is 1.58 bits per heavy atom. The molecule has 0 unspecified atom stereocenters. The summed E-state index contributed by atoms with van der Waals surface area (Å²) in [6, 6.07) is 18.2. The fraction of sp³-hybridized carbons (Fsp3) is 0.0952. The van der Waals surface area contributed by atoms with Gasteiger partial charge in [0.05, 0.1) is 5.56 Å². The van der Waals surface area contributed by atoms with Crippen molar-refractivity contribution in [3.8, 4) is 11.4 Å². The molecule has 0 saturated heterocycles. The highest BCUT2D eigenvalue weighted by Crippen LogP contribution is 2.30. The van der Waals surface area contributed by atoms with E-state index in [1.54, 1.807) is 18.2 Å². The van der Waals surface area contributed by atoms with Crippen LogP contribution >= 0.6 is 0 Å². The van der Waals surface area contributed by atoms with E-state index in [0.717, 1.165) is 22.2 Å². The number of rotatable bonds is 3. The first-order valence-electron chi connectivity index (χ1n) is 8.30. The Bertz CT molecular complexity index is 1110. The minimum absolute atomic E-state index is 0.123. The van der Waals surface area contributed by atoms with Crippen molar-refractivity contribution in [3.05, 3.63) is 82.9 Å². The monoisotopic (exact) mass is 343 g/mol. The van der Waals surface area contributed by atoms with Gasteiger partial charge in [0, 0.05) is 5.56 Å². The minimum Gasteiger partial charge on any atom is -0.505 e. The van der Waals surface area contributed by atoms with Crippen molar-refractivity contribution in [2.45, 2.75) is 13.8 Å². The van der Waals surface area contributed by atoms with Gasteiger partial charge in [0.15, 0.2) is 11.5 Å². The maximum atomic E-state index is 12.9. The van der Waals surface area contributed by atoms with Gasteiger partial charge < -0.3 is 5.11 Å². The van der Waals surface area contributed by atoms with Crippen LogP contribution in [0.5, 0.6) is 5.75 Å². The van der Waals surface area contributed by atoms with E-state index in [-0.39, 0.29) is 17.1 Å². The molecule has 1 N–H and O–H groups in total. The quantitative estimate of drug-likeness (QED) is 0.572. The molecule has 4 aromatic rings. The summed E-state index contributed by atoms with van der Waals surface area (Å²) in [5, 5.41) is 19.6. The first kappa shape index (κ1) is 16.0. The molecule has 0 radical (unpaired) electrons. The number of carbonyl (C=O) groups excluding carboxylic acids is 1. The van der Waals surface area contributed by atoms with Crippen LogP contribution in [-0.4, -0.2) is 25.9 Å². The third-order valence-electron chi connectivity index (χ3n) is 4.26. The van der Waals surface area contributed by atoms with Crippen molar-refractivity contribution in [2.24, 2.45) is 0 Å². The molecule has 1 heterocycles. The van der Waals surface area contributed by atoms with E-state index >= 15 is 0 Å². The Kier molecular flexibility index (Phi) is 3.77. The zero-order valence-corrected chi connectivity index (χ0v) is 14.5. The normalized spacial score (nSPS) is 11.0. The standard InChI is InChI=1S/C21H17N3O2/c1-13-6-5-7-15(10-13)20(25)16-11-14(2)12-19(21(16)26)24-22-17-8-3-4-9-18(17)23-24/h3-12,26H,1-2H3. The number of hydrogen-bond acceptors (Lipinski definition) is 4. The van der Waals surface area contributed by atoms with Crippen LogP contribution in [-0.2, 0) is 0 Å². The lowest BCUT2D eigenvalue weighted by Crippen LogP contribution is -2.07. The second-order valence-corrected chi connectivity index (χ2v) is 6.36. The van der Waals surface area contributed by atoms with Crippen LogP contribution in [0.1, 0.15) is 27.0 Å². The topological polar surface area (TPSA) is 68.0 Å². The molecule has 0 aliphatic rings. The van der Waals surface area contributed by atoms with Gasteiger partial charge in [-0.05, 0) is 49.7 Å². The number of phenolic OH excluding ortho intramolecular Hbond substituents is 1. The van der Waals surface area contributed by atoms with E-state index < -0.39 is 0 Å². The first-order valence-corrected chi connectivity index (χ1v) is 8.30. The van der Waals surface area contributed by atoms with E-state index in [4.69, 9.17) is 0 Å². The smallest absolute Gasteiger partial charge is 0.196 e. The number of fused-ring (bicyclic) bond motifs is 1. The van der Waals surface area contributed by atoms with Crippen LogP contribution in [0.15, 0.2) is 60.7 Å². The van der Waals surface area contributed by atoms with Crippen LogP contribution < -0.4 is 0 Å². The highest BCUT2D eigenvalue weighted by atomic mass is 16.3. The molecule has 0 fully saturated rings. The molecule has 3 aromatic carbocycles. The molecule has 0 aliphatic carbocycles. The van der Waals surface area contributed by atoms with Crippen molar-refractivity contribution in [1.82, 2.24) is 15.0 Å². The van der Waals surface area contributed by atoms with Gasteiger partial charge in [-0.25, -0.2) is 0 Å². The zero-order valence-electron chi connectivity index (χ0n) is 14.5. The van der Waals surface area contributed by atoms with E-state index in [0.29, 0.717) is 11.3 Å². The number of nitrogens with zero attached hydrogens (tertiary/aromatic N) is 3. The molecule has 0 bridgehead atoms. The van der Waals surface area contributed by atoms with Crippen LogP contribution in [0.2, 0.25) is 0 Å². The molecular weight excluding hydrogens is 326 g/mol. The van der Waals surface area contributed by atoms with Gasteiger partial charge in [-0.2, -0.15) is 0 Å². The summed E-state index contributed by atoms with van der Waals surface area (Å²) in [7, 11) is 0. The van der Waals surface area contributed by atoms with Crippen LogP contribution in [0.4, 0.5) is 0 Å². The Morgan fingerprint density at radius 3 is 2.23 bits per heavy atom. The van der Waals surface area contributed by atoms with Gasteiger partial charge in [-0.3, -0.25) is 4.79 Å². The molecule has 0 saturated carbocycles. The Morgan fingerprint density at radius 1 is 0.885 bits per heavy atom. The fourth-order valence-corrected chi connectivity index (χ4v) is 2.99. The molecule has 128 valence electrons. The second-order valence-electron chi connectivity index (χ2n) is 6.36. The lowest BCUT2D eigenvalue weighted by atomic mass is 9.98. The average molecular weight is 343 g/mol. The van der Waals surface area contributed by atoms with Gasteiger partial charge in [-0.15, -0.1) is 15.0 Å². The number of carbonyl (C=O) groups is 1. The molecule has 4 rings (SSSR count). The SMILES string of the molecule is Cc1cccc(C(=O)c2cc(C)cc(-n3nc4ccccc4n3)c2O)c1. The van der Waals surface area contributed by atoms with Crippen LogP contribution in [0.3, 0.4) is 0 Å². The number of aryl methyl sites for hydroxylation is 2. The van der Waals surface area contributed by atoms with Gasteiger partial charge in [-0.1, -0.05) is 35.9 Å². The summed E-state index contributed by atoms with van der Waals surface area (Å²) in [4.78, 5) is 14.3. The number of ketones is 1. The number of phenols is 1. The van der Waals surface area contributed by atoms with E-state index in [1.165, 1.54) is 4.80 Å². The Labute approximate surface area is 150 Å². The Balaban J connectivity index is 1.86. The summed E-state index contributed by atoms with van der Waals surface area (Å²) >= 11 is 0. The molecule has 1 aromatic heterocycles. The lowest BCUT2D eigenvalue weighted by Gasteiger charge is -2.10. The van der Waals surface area contributed by atoms with Gasteiger partial charge in [0.2, 0.25) is 0 Å². The third-order valence-corrected chi connectivity index (χ3v) is 4.26. The van der Waals surface area contributed by atoms with Crippen LogP contribution in [0.25, 0.3) is 16.7 Å². The molecule has 26 heavy (non-hydrogen) atoms. The zero-order chi connectivity index (χ0) is 18.3. The van der Waals surface area contributed by atoms with E-state index in [2.05, 4.69) is 10.2 Å². The summed E-state index contributed by atoms with van der Waals surface area (Å²) in [5.74, 6) is -0.352. The van der Waals surface area contributed by atoms with Crippen LogP contribution in [0, 0.1) is 13.8 Å². The van der Waals surface area contributed by atoms with Crippen molar-refractivity contribution in [3.63, 3.8) is 0 Å². The van der Waals surface area contributed by atoms with E-state index in [9.17, 15) is 9.90 Å². The predicted octanol–water partition coefficient (Wildman–Crippen LogP) is 3.97. The van der Waals surface area contributed by atoms with Crippen molar-refractivity contribution >= 4 is 16.8 Å². The summed E-state index contributed by atoms with van der Waals surface area (Å²) in [5.41, 5.74) is 4.44. The molecular formula is C21H17N3O2. The highest BCUT2D eigenvalue weighted by molar-refractivity contribution is 6.11. The third kappa shape index (κ3) is 2.73. The number of aromatic hydroxyl groups is 1. The van der Waals surface area contributed by atoms with Crippen molar-refractivity contribution in [1.29, 1.82) is 0 Å². The average Bonchev–Trinajstić information content (AvgIpc) is 3.06. The summed E-state index contributed by atoms with van der Waals surface area (Å²) in [6.07, 6.45) is 0. The van der Waals surface area contributed by atoms with Crippen molar-refractivity contribution < 1.29 is 9.90 Å². The highest BCUT2D eigenvalue weighted by Gasteiger charge is 2.19. The van der Waals surface area contributed by atoms with Crippen molar-refractivity contribution in [2.75, 3.05) is 0 Å². The summed E-state index contributed by atoms with van der Waals surface area (Å²) < 4.78 is 0. The molecule has 5 nitrogen and oxygen atoms in total. The Hall–Kier alpha value is -3.47. The number of benzene rings is 3. The minimum atomic E-state index is -0.229. The lowest BCUT2D eigenvalue weighted by molar-refractivity contribution is 0.103. The molecule has 0 spiro atoms. The predicted molar refractivity (Wildman–Crippen MR) is 99.9 cm³/mol. The van der Waals surface area contributed by atoms with Gasteiger partial charge >= 0.3 is 0 Å². The first-order chi connectivity index (χ1) is 12.5. The van der Waals surface area contributed by atoms with Gasteiger partial charge in [0.25, 0.3) is 0 Å². The number of aromatic nitrogens is 3. The van der Waals surface area contributed by atoms with Gasteiger partial charge in [0.1, 0.15) is 16.7 Å². The summed E-state index contributed by atoms with van der Waals surface area (Å²) in [6.45, 7) is 3.80. The fourth-order valence-electron chi connectivity index (χ4n) is 2.99. The largest absolute Gasteiger partial charge is 0.505 e. The molecule has 0 amide bonds.